The van der Waals surface area contributed by atoms with Crippen molar-refractivity contribution in [2.45, 2.75) is 43.9 Å². The number of rotatable bonds is 5. The van der Waals surface area contributed by atoms with Gasteiger partial charge in [0, 0.05) is 18.5 Å². The molecular formula is C11H18ClN3O3S2. The summed E-state index contributed by atoms with van der Waals surface area (Å²) in [6, 6.07) is 0. The molecular weight excluding hydrogens is 322 g/mol. The van der Waals surface area contributed by atoms with E-state index in [4.69, 9.17) is 11.6 Å². The zero-order valence-corrected chi connectivity index (χ0v) is 14.2. The van der Waals surface area contributed by atoms with Gasteiger partial charge in [0.1, 0.15) is 0 Å². The van der Waals surface area contributed by atoms with Crippen LogP contribution in [0.15, 0.2) is 4.21 Å². The van der Waals surface area contributed by atoms with Crippen LogP contribution in [0.4, 0.5) is 0 Å². The Bertz CT molecular complexity index is 591. The molecule has 0 fully saturated rings. The molecule has 1 rings (SSSR count). The second kappa shape index (κ2) is 6.38. The molecule has 0 aliphatic heterocycles. The van der Waals surface area contributed by atoms with Crippen LogP contribution in [0.25, 0.3) is 0 Å². The Balaban J connectivity index is 2.57. The van der Waals surface area contributed by atoms with Crippen molar-refractivity contribution in [3.05, 3.63) is 10.2 Å². The molecule has 114 valence electrons. The summed E-state index contributed by atoms with van der Waals surface area (Å²) in [6.07, 6.45) is 0.0715. The molecule has 0 aromatic carbocycles. The molecule has 0 saturated heterocycles. The second-order valence-electron chi connectivity index (χ2n) is 5.29. The molecule has 0 saturated carbocycles. The Hall–Kier alpha value is -0.700. The number of carbonyl (C=O) groups is 1. The maximum Gasteiger partial charge on any atom is 0.251 e. The van der Waals surface area contributed by atoms with E-state index in [1.54, 1.807) is 6.92 Å². The molecule has 20 heavy (non-hydrogen) atoms. The molecule has 0 aliphatic rings. The van der Waals surface area contributed by atoms with Crippen molar-refractivity contribution in [1.29, 1.82) is 0 Å². The average Bonchev–Trinajstić information content (AvgIpc) is 2.55. The van der Waals surface area contributed by atoms with Gasteiger partial charge in [-0.2, -0.15) is 0 Å². The maximum atomic E-state index is 12.0. The fourth-order valence-corrected chi connectivity index (χ4v) is 4.26. The predicted molar refractivity (Wildman–Crippen MR) is 79.6 cm³/mol. The third-order valence-corrected chi connectivity index (χ3v) is 5.46. The number of thiazole rings is 1. The van der Waals surface area contributed by atoms with Crippen molar-refractivity contribution in [1.82, 2.24) is 15.0 Å². The van der Waals surface area contributed by atoms with Gasteiger partial charge in [0.05, 0.1) is 5.69 Å². The summed E-state index contributed by atoms with van der Waals surface area (Å²) in [5, 5.41) is 2.76. The highest BCUT2D eigenvalue weighted by Gasteiger charge is 2.21. The van der Waals surface area contributed by atoms with E-state index >= 15 is 0 Å². The first-order valence-electron chi connectivity index (χ1n) is 5.95. The summed E-state index contributed by atoms with van der Waals surface area (Å²) in [5.74, 6) is -0.209. The topological polar surface area (TPSA) is 88.2 Å². The molecule has 0 aliphatic carbocycles. The first kappa shape index (κ1) is 17.4. The van der Waals surface area contributed by atoms with Crippen molar-refractivity contribution < 1.29 is 13.2 Å². The zero-order chi connectivity index (χ0) is 15.6. The number of hydrogen-bond acceptors (Lipinski definition) is 5. The molecule has 1 aromatic heterocycles. The summed E-state index contributed by atoms with van der Waals surface area (Å²) in [4.78, 5) is 15.4. The third kappa shape index (κ3) is 5.35. The summed E-state index contributed by atoms with van der Waals surface area (Å²) in [6.45, 7) is 7.18. The summed E-state index contributed by atoms with van der Waals surface area (Å²) < 4.78 is 26.6. The van der Waals surface area contributed by atoms with Crippen LogP contribution < -0.4 is 10.0 Å². The number of halogens is 1. The number of amides is 1. The number of sulfonamides is 1. The highest BCUT2D eigenvalue weighted by atomic mass is 35.5. The fourth-order valence-electron chi connectivity index (χ4n) is 1.45. The van der Waals surface area contributed by atoms with E-state index in [-0.39, 0.29) is 33.1 Å². The first-order chi connectivity index (χ1) is 9.01. The average molecular weight is 340 g/mol. The third-order valence-electron chi connectivity index (χ3n) is 2.13. The van der Waals surface area contributed by atoms with E-state index in [1.807, 2.05) is 20.8 Å². The largest absolute Gasteiger partial charge is 0.351 e. The van der Waals surface area contributed by atoms with Gasteiger partial charge in [-0.3, -0.25) is 4.79 Å². The molecule has 1 heterocycles. The van der Waals surface area contributed by atoms with Crippen molar-refractivity contribution in [2.24, 2.45) is 0 Å². The molecule has 1 aromatic rings. The van der Waals surface area contributed by atoms with Crippen LogP contribution in [0, 0.1) is 6.92 Å². The summed E-state index contributed by atoms with van der Waals surface area (Å²) in [5.41, 5.74) is 0.0178. The second-order valence-corrected chi connectivity index (χ2v) is 8.83. The number of nitrogens with one attached hydrogen (secondary N) is 2. The SMILES string of the molecule is Cc1nc(Cl)sc1S(=O)(=O)NCCC(=O)NC(C)(C)C. The predicted octanol–water partition coefficient (Wildman–Crippen LogP) is 1.69. The van der Waals surface area contributed by atoms with Crippen LogP contribution in [0.1, 0.15) is 32.9 Å². The number of hydrogen-bond donors (Lipinski definition) is 2. The van der Waals surface area contributed by atoms with E-state index in [0.717, 1.165) is 11.3 Å². The summed E-state index contributed by atoms with van der Waals surface area (Å²) >= 11 is 6.57. The quantitative estimate of drug-likeness (QED) is 0.854. The van der Waals surface area contributed by atoms with Crippen molar-refractivity contribution >= 4 is 38.9 Å². The Kier molecular flexibility index (Phi) is 5.54. The maximum absolute atomic E-state index is 12.0. The lowest BCUT2D eigenvalue weighted by atomic mass is 10.1. The molecule has 0 spiro atoms. The minimum absolute atomic E-state index is 0.0270. The molecule has 0 unspecified atom stereocenters. The lowest BCUT2D eigenvalue weighted by Gasteiger charge is -2.20. The summed E-state index contributed by atoms with van der Waals surface area (Å²) in [7, 11) is -3.67. The van der Waals surface area contributed by atoms with Crippen molar-refractivity contribution in [3.8, 4) is 0 Å². The van der Waals surface area contributed by atoms with Crippen molar-refractivity contribution in [2.75, 3.05) is 6.54 Å². The van der Waals surface area contributed by atoms with Crippen LogP contribution in [0.5, 0.6) is 0 Å². The van der Waals surface area contributed by atoms with E-state index < -0.39 is 10.0 Å². The van der Waals surface area contributed by atoms with Gasteiger partial charge in [0.2, 0.25) is 5.91 Å². The lowest BCUT2D eigenvalue weighted by molar-refractivity contribution is -0.122. The minimum atomic E-state index is -3.67. The molecule has 0 bridgehead atoms. The van der Waals surface area contributed by atoms with Gasteiger partial charge in [0.15, 0.2) is 8.68 Å². The van der Waals surface area contributed by atoms with Gasteiger partial charge in [-0.1, -0.05) is 22.9 Å². The molecule has 2 N–H and O–H groups in total. The van der Waals surface area contributed by atoms with Crippen molar-refractivity contribution in [3.63, 3.8) is 0 Å². The standard InChI is InChI=1S/C11H18ClN3O3S2/c1-7-9(19-10(12)14-7)20(17,18)13-6-5-8(16)15-11(2,3)4/h13H,5-6H2,1-4H3,(H,15,16). The van der Waals surface area contributed by atoms with Crippen LogP contribution in [0.3, 0.4) is 0 Å². The number of aromatic nitrogens is 1. The Morgan fingerprint density at radius 1 is 1.40 bits per heavy atom. The first-order valence-corrected chi connectivity index (χ1v) is 8.62. The highest BCUT2D eigenvalue weighted by molar-refractivity contribution is 7.91. The van der Waals surface area contributed by atoms with Crippen LogP contribution >= 0.6 is 22.9 Å². The molecule has 0 atom stereocenters. The number of aryl methyl sites for hydroxylation is 1. The van der Waals surface area contributed by atoms with Crippen LogP contribution in [0.2, 0.25) is 4.47 Å². The lowest BCUT2D eigenvalue weighted by Crippen LogP contribution is -2.41. The highest BCUT2D eigenvalue weighted by Crippen LogP contribution is 2.26. The molecule has 0 radical (unpaired) electrons. The van der Waals surface area contributed by atoms with E-state index in [9.17, 15) is 13.2 Å². The van der Waals surface area contributed by atoms with Crippen LogP contribution in [-0.2, 0) is 14.8 Å². The fraction of sp³-hybridized carbons (Fsp3) is 0.636. The van der Waals surface area contributed by atoms with Gasteiger partial charge in [-0.15, -0.1) is 0 Å². The smallest absolute Gasteiger partial charge is 0.251 e. The minimum Gasteiger partial charge on any atom is -0.351 e. The van der Waals surface area contributed by atoms with Gasteiger partial charge in [-0.05, 0) is 27.7 Å². The Morgan fingerprint density at radius 3 is 2.45 bits per heavy atom. The molecule has 9 heteroatoms. The van der Waals surface area contributed by atoms with Gasteiger partial charge in [0.25, 0.3) is 10.0 Å². The van der Waals surface area contributed by atoms with E-state index in [0.29, 0.717) is 5.69 Å². The Morgan fingerprint density at radius 2 is 2.00 bits per heavy atom. The van der Waals surface area contributed by atoms with Crippen LogP contribution in [-0.4, -0.2) is 31.4 Å². The van der Waals surface area contributed by atoms with E-state index in [2.05, 4.69) is 15.0 Å². The number of nitrogens with zero attached hydrogens (tertiary/aromatic N) is 1. The molecule has 1 amide bonds. The van der Waals surface area contributed by atoms with Gasteiger partial charge >= 0.3 is 0 Å². The normalized spacial score (nSPS) is 12.4. The zero-order valence-electron chi connectivity index (χ0n) is 11.8. The van der Waals surface area contributed by atoms with Gasteiger partial charge < -0.3 is 5.32 Å². The van der Waals surface area contributed by atoms with Gasteiger partial charge in [-0.25, -0.2) is 18.1 Å². The monoisotopic (exact) mass is 339 g/mol. The van der Waals surface area contributed by atoms with E-state index in [1.165, 1.54) is 0 Å². The molecule has 6 nitrogen and oxygen atoms in total. The number of carbonyl (C=O) groups excluding carboxylic acids is 1. The Labute approximate surface area is 128 Å².